The fraction of sp³-hybridized carbons (Fsp3) is 0.120. The summed E-state index contributed by atoms with van der Waals surface area (Å²) < 4.78 is 7.70. The number of amides is 1. The van der Waals surface area contributed by atoms with Crippen molar-refractivity contribution in [2.75, 3.05) is 13.1 Å². The topological polar surface area (TPSA) is 68.2 Å². The fourth-order valence-electron chi connectivity index (χ4n) is 3.10. The highest BCUT2D eigenvalue weighted by Crippen LogP contribution is 2.21. The van der Waals surface area contributed by atoms with Crippen LogP contribution in [-0.4, -0.2) is 28.5 Å². The minimum atomic E-state index is -0.0820. The maximum absolute atomic E-state index is 12.3. The van der Waals surface area contributed by atoms with Crippen LogP contribution in [0.15, 0.2) is 97.6 Å². The second kappa shape index (κ2) is 10.2. The Bertz CT molecular complexity index is 1080. The van der Waals surface area contributed by atoms with E-state index in [1.54, 1.807) is 12.5 Å². The predicted octanol–water partition coefficient (Wildman–Crippen LogP) is 4.18. The summed E-state index contributed by atoms with van der Waals surface area (Å²) in [6, 6.07) is 25.1. The van der Waals surface area contributed by atoms with Crippen molar-refractivity contribution < 1.29 is 9.53 Å². The number of aromatic nitrogens is 2. The highest BCUT2D eigenvalue weighted by atomic mass is 16.5. The molecule has 0 saturated carbocycles. The van der Waals surface area contributed by atoms with E-state index in [0.29, 0.717) is 18.7 Å². The Hall–Kier alpha value is -3.90. The quantitative estimate of drug-likeness (QED) is 0.405. The molecule has 0 aliphatic rings. The summed E-state index contributed by atoms with van der Waals surface area (Å²) in [5.41, 5.74) is 2.76. The van der Waals surface area contributed by atoms with Gasteiger partial charge in [-0.3, -0.25) is 4.79 Å². The molecular formula is C25H24N4O2. The molecule has 0 radical (unpaired) electrons. The van der Waals surface area contributed by atoms with E-state index in [1.165, 1.54) is 0 Å². The maximum atomic E-state index is 12.3. The molecule has 2 N–H and O–H groups in total. The van der Waals surface area contributed by atoms with Gasteiger partial charge in [0.1, 0.15) is 11.5 Å². The zero-order chi connectivity index (χ0) is 21.3. The Balaban J connectivity index is 1.17. The summed E-state index contributed by atoms with van der Waals surface area (Å²) >= 11 is 0. The Morgan fingerprint density at radius 3 is 2.32 bits per heavy atom. The van der Waals surface area contributed by atoms with Gasteiger partial charge in [0, 0.05) is 43.3 Å². The summed E-state index contributed by atoms with van der Waals surface area (Å²) in [5.74, 6) is 1.54. The number of benzene rings is 3. The number of ether oxygens (including phenoxy) is 1. The zero-order valence-electron chi connectivity index (χ0n) is 17.1. The summed E-state index contributed by atoms with van der Waals surface area (Å²) in [6.07, 6.45) is 5.32. The van der Waals surface area contributed by atoms with Crippen molar-refractivity contribution in [3.8, 4) is 17.2 Å². The predicted molar refractivity (Wildman–Crippen MR) is 121 cm³/mol. The van der Waals surface area contributed by atoms with Crippen molar-refractivity contribution >= 4 is 5.91 Å². The number of carbonyl (C=O) groups is 1. The van der Waals surface area contributed by atoms with E-state index in [-0.39, 0.29) is 5.91 Å². The van der Waals surface area contributed by atoms with Crippen molar-refractivity contribution in [3.05, 3.63) is 109 Å². The number of nitrogens with zero attached hydrogens (tertiary/aromatic N) is 2. The number of imidazole rings is 1. The molecule has 0 atom stereocenters. The lowest BCUT2D eigenvalue weighted by Gasteiger charge is -2.09. The molecule has 0 fully saturated rings. The number of nitrogens with one attached hydrogen (secondary N) is 2. The van der Waals surface area contributed by atoms with Crippen LogP contribution in [0.5, 0.6) is 11.5 Å². The Morgan fingerprint density at radius 1 is 0.871 bits per heavy atom. The number of rotatable bonds is 9. The van der Waals surface area contributed by atoms with E-state index in [0.717, 1.165) is 29.3 Å². The molecule has 0 aliphatic heterocycles. The molecule has 4 aromatic rings. The summed E-state index contributed by atoms with van der Waals surface area (Å²) in [4.78, 5) is 16.3. The first kappa shape index (κ1) is 20.4. The second-order valence-corrected chi connectivity index (χ2v) is 7.01. The summed E-state index contributed by atoms with van der Waals surface area (Å²) in [7, 11) is 0. The van der Waals surface area contributed by atoms with Crippen LogP contribution in [0.25, 0.3) is 5.69 Å². The molecule has 6 nitrogen and oxygen atoms in total. The van der Waals surface area contributed by atoms with Gasteiger partial charge in [-0.1, -0.05) is 30.3 Å². The van der Waals surface area contributed by atoms with Crippen LogP contribution >= 0.6 is 0 Å². The lowest BCUT2D eigenvalue weighted by Crippen LogP contribution is -2.31. The van der Waals surface area contributed by atoms with Crippen molar-refractivity contribution in [2.45, 2.75) is 6.54 Å². The van der Waals surface area contributed by atoms with Gasteiger partial charge in [-0.2, -0.15) is 0 Å². The van der Waals surface area contributed by atoms with Crippen molar-refractivity contribution in [1.29, 1.82) is 0 Å². The molecule has 1 amide bonds. The van der Waals surface area contributed by atoms with Gasteiger partial charge in [0.05, 0.1) is 6.33 Å². The average molecular weight is 412 g/mol. The van der Waals surface area contributed by atoms with Crippen LogP contribution in [0.1, 0.15) is 15.9 Å². The van der Waals surface area contributed by atoms with Crippen molar-refractivity contribution in [3.63, 3.8) is 0 Å². The van der Waals surface area contributed by atoms with Gasteiger partial charge in [0.15, 0.2) is 0 Å². The third-order valence-electron chi connectivity index (χ3n) is 4.75. The van der Waals surface area contributed by atoms with Crippen LogP contribution in [0.3, 0.4) is 0 Å². The molecule has 0 unspecified atom stereocenters. The van der Waals surface area contributed by atoms with E-state index in [9.17, 15) is 4.79 Å². The monoisotopic (exact) mass is 412 g/mol. The Morgan fingerprint density at radius 2 is 1.61 bits per heavy atom. The van der Waals surface area contributed by atoms with Crippen LogP contribution in [0, 0.1) is 0 Å². The van der Waals surface area contributed by atoms with Crippen molar-refractivity contribution in [1.82, 2.24) is 20.2 Å². The summed E-state index contributed by atoms with van der Waals surface area (Å²) in [5, 5.41) is 6.27. The van der Waals surface area contributed by atoms with Gasteiger partial charge < -0.3 is 19.9 Å². The lowest BCUT2D eigenvalue weighted by molar-refractivity contribution is 0.0954. The third kappa shape index (κ3) is 5.81. The normalized spacial score (nSPS) is 10.6. The van der Waals surface area contributed by atoms with E-state index < -0.39 is 0 Å². The zero-order valence-corrected chi connectivity index (χ0v) is 17.1. The average Bonchev–Trinajstić information content (AvgIpc) is 3.36. The summed E-state index contributed by atoms with van der Waals surface area (Å²) in [6.45, 7) is 1.96. The van der Waals surface area contributed by atoms with Gasteiger partial charge in [0.25, 0.3) is 5.91 Å². The molecule has 0 bridgehead atoms. The van der Waals surface area contributed by atoms with Crippen molar-refractivity contribution in [2.24, 2.45) is 0 Å². The molecular weight excluding hydrogens is 388 g/mol. The number of carbonyl (C=O) groups excluding carboxylic acids is 1. The molecule has 1 aromatic heterocycles. The van der Waals surface area contributed by atoms with Crippen LogP contribution in [0.4, 0.5) is 0 Å². The lowest BCUT2D eigenvalue weighted by atomic mass is 10.2. The van der Waals surface area contributed by atoms with Crippen LogP contribution < -0.4 is 15.4 Å². The fourth-order valence-corrected chi connectivity index (χ4v) is 3.10. The standard InChI is InChI=1S/C25H24N4O2/c30-25(21-8-10-22(11-9-21)29-17-16-27-19-29)28-15-14-26-18-20-6-12-24(13-7-20)31-23-4-2-1-3-5-23/h1-13,16-17,19,26H,14-15,18H2,(H,28,30). The molecule has 4 rings (SSSR count). The molecule has 6 heteroatoms. The Kier molecular flexibility index (Phi) is 6.72. The molecule has 3 aromatic carbocycles. The van der Waals surface area contributed by atoms with E-state index in [4.69, 9.17) is 4.74 Å². The smallest absolute Gasteiger partial charge is 0.251 e. The van der Waals surface area contributed by atoms with Gasteiger partial charge in [-0.15, -0.1) is 0 Å². The first-order valence-electron chi connectivity index (χ1n) is 10.2. The maximum Gasteiger partial charge on any atom is 0.251 e. The van der Waals surface area contributed by atoms with Gasteiger partial charge >= 0.3 is 0 Å². The highest BCUT2D eigenvalue weighted by molar-refractivity contribution is 5.94. The number of hydrogen-bond donors (Lipinski definition) is 2. The highest BCUT2D eigenvalue weighted by Gasteiger charge is 2.05. The minimum absolute atomic E-state index is 0.0820. The van der Waals surface area contributed by atoms with E-state index in [1.807, 2.05) is 89.6 Å². The first-order chi connectivity index (χ1) is 15.3. The molecule has 1 heterocycles. The minimum Gasteiger partial charge on any atom is -0.457 e. The molecule has 0 saturated heterocycles. The molecule has 0 aliphatic carbocycles. The largest absolute Gasteiger partial charge is 0.457 e. The molecule has 31 heavy (non-hydrogen) atoms. The SMILES string of the molecule is O=C(NCCNCc1ccc(Oc2ccccc2)cc1)c1ccc(-n2ccnc2)cc1. The second-order valence-electron chi connectivity index (χ2n) is 7.01. The van der Waals surface area contributed by atoms with Gasteiger partial charge in [-0.05, 0) is 54.1 Å². The van der Waals surface area contributed by atoms with Crippen LogP contribution in [-0.2, 0) is 6.54 Å². The Labute approximate surface area is 181 Å². The van der Waals surface area contributed by atoms with Crippen LogP contribution in [0.2, 0.25) is 0 Å². The van der Waals surface area contributed by atoms with E-state index in [2.05, 4.69) is 15.6 Å². The van der Waals surface area contributed by atoms with E-state index >= 15 is 0 Å². The first-order valence-corrected chi connectivity index (χ1v) is 10.2. The molecule has 156 valence electrons. The third-order valence-corrected chi connectivity index (χ3v) is 4.75. The molecule has 0 spiro atoms. The van der Waals surface area contributed by atoms with Gasteiger partial charge in [0.2, 0.25) is 0 Å². The number of para-hydroxylation sites is 1. The van der Waals surface area contributed by atoms with Gasteiger partial charge in [-0.25, -0.2) is 4.98 Å². The number of hydrogen-bond acceptors (Lipinski definition) is 4.